The van der Waals surface area contributed by atoms with E-state index < -0.39 is 5.97 Å². The molecule has 1 heterocycles. The third-order valence-electron chi connectivity index (χ3n) is 3.50. The van der Waals surface area contributed by atoms with Gasteiger partial charge in [0.25, 0.3) is 0 Å². The molecule has 4 nitrogen and oxygen atoms in total. The molecule has 0 radical (unpaired) electrons. The molecular weight excluding hydrogens is 252 g/mol. The summed E-state index contributed by atoms with van der Waals surface area (Å²) in [5.41, 5.74) is 3.39. The molecule has 2 aromatic rings. The summed E-state index contributed by atoms with van der Waals surface area (Å²) in [7, 11) is 0. The lowest BCUT2D eigenvalue weighted by Crippen LogP contribution is -2.13. The molecule has 0 aliphatic heterocycles. The maximum atomic E-state index is 11.5. The summed E-state index contributed by atoms with van der Waals surface area (Å²) in [5, 5.41) is 13.7. The fourth-order valence-electron chi connectivity index (χ4n) is 2.29. The van der Waals surface area contributed by atoms with E-state index in [9.17, 15) is 9.90 Å². The Labute approximate surface area is 119 Å². The third-order valence-corrected chi connectivity index (χ3v) is 3.50. The number of carbonyl (C=O) groups is 1. The molecule has 0 atom stereocenters. The monoisotopic (exact) mass is 272 g/mol. The van der Waals surface area contributed by atoms with Crippen LogP contribution in [0.5, 0.6) is 0 Å². The van der Waals surface area contributed by atoms with Gasteiger partial charge in [0.15, 0.2) is 0 Å². The van der Waals surface area contributed by atoms with Gasteiger partial charge < -0.3 is 5.11 Å². The van der Waals surface area contributed by atoms with Crippen molar-refractivity contribution in [3.8, 4) is 0 Å². The number of aryl methyl sites for hydroxylation is 2. The first-order valence-corrected chi connectivity index (χ1v) is 6.96. The predicted molar refractivity (Wildman–Crippen MR) is 78.1 cm³/mol. The van der Waals surface area contributed by atoms with E-state index in [1.807, 2.05) is 31.2 Å². The lowest BCUT2D eigenvalue weighted by atomic mass is 10.1. The van der Waals surface area contributed by atoms with Gasteiger partial charge >= 0.3 is 5.97 Å². The van der Waals surface area contributed by atoms with Crippen LogP contribution in [0.3, 0.4) is 0 Å². The van der Waals surface area contributed by atoms with E-state index in [0.29, 0.717) is 12.2 Å². The second-order valence-corrected chi connectivity index (χ2v) is 5.01. The summed E-state index contributed by atoms with van der Waals surface area (Å²) in [4.78, 5) is 11.5. The van der Waals surface area contributed by atoms with Crippen molar-refractivity contribution in [1.82, 2.24) is 9.78 Å². The van der Waals surface area contributed by atoms with Gasteiger partial charge in [-0.05, 0) is 30.9 Å². The van der Waals surface area contributed by atoms with E-state index in [-0.39, 0.29) is 0 Å². The summed E-state index contributed by atoms with van der Waals surface area (Å²) >= 11 is 0. The summed E-state index contributed by atoms with van der Waals surface area (Å²) in [6.07, 6.45) is 4.49. The van der Waals surface area contributed by atoms with Gasteiger partial charge in [-0.3, -0.25) is 4.68 Å². The Morgan fingerprint density at radius 1 is 1.30 bits per heavy atom. The summed E-state index contributed by atoms with van der Waals surface area (Å²) < 4.78 is 1.59. The zero-order chi connectivity index (χ0) is 14.5. The number of hydrogen-bond donors (Lipinski definition) is 1. The first-order valence-electron chi connectivity index (χ1n) is 6.96. The van der Waals surface area contributed by atoms with E-state index in [1.54, 1.807) is 10.9 Å². The molecule has 4 heteroatoms. The van der Waals surface area contributed by atoms with E-state index in [4.69, 9.17) is 0 Å². The Kier molecular flexibility index (Phi) is 4.56. The van der Waals surface area contributed by atoms with Crippen LogP contribution in [0.25, 0.3) is 0 Å². The van der Waals surface area contributed by atoms with Crippen LogP contribution in [0, 0.1) is 6.92 Å². The molecule has 0 aliphatic rings. The zero-order valence-corrected chi connectivity index (χ0v) is 12.0. The van der Waals surface area contributed by atoms with E-state index in [1.165, 1.54) is 0 Å². The number of carboxylic acids is 1. The summed E-state index contributed by atoms with van der Waals surface area (Å²) in [5.74, 6) is -0.901. The Bertz CT molecular complexity index is 602. The Hall–Kier alpha value is -2.10. The fraction of sp³-hybridized carbons (Fsp3) is 0.375. The van der Waals surface area contributed by atoms with E-state index in [2.05, 4.69) is 12.0 Å². The Morgan fingerprint density at radius 2 is 2.05 bits per heavy atom. The summed E-state index contributed by atoms with van der Waals surface area (Å²) in [6.45, 7) is 4.62. The van der Waals surface area contributed by atoms with Crippen molar-refractivity contribution in [2.45, 2.75) is 39.7 Å². The average Bonchev–Trinajstić information content (AvgIpc) is 2.82. The Morgan fingerprint density at radius 3 is 2.70 bits per heavy atom. The van der Waals surface area contributed by atoms with Gasteiger partial charge in [-0.15, -0.1) is 0 Å². The van der Waals surface area contributed by atoms with Gasteiger partial charge in [0.1, 0.15) is 5.69 Å². The minimum atomic E-state index is -0.901. The fourth-order valence-corrected chi connectivity index (χ4v) is 2.29. The minimum absolute atomic E-state index is 0.321. The molecule has 0 fully saturated rings. The minimum Gasteiger partial charge on any atom is -0.477 e. The summed E-state index contributed by atoms with van der Waals surface area (Å²) in [6, 6.07) is 7.97. The third kappa shape index (κ3) is 3.07. The lowest BCUT2D eigenvalue weighted by Gasteiger charge is -2.08. The molecule has 0 saturated carbocycles. The van der Waals surface area contributed by atoms with Gasteiger partial charge in [0, 0.05) is 5.56 Å². The van der Waals surface area contributed by atoms with Crippen LogP contribution in [-0.2, 0) is 13.0 Å². The smallest absolute Gasteiger partial charge is 0.354 e. The molecule has 0 bridgehead atoms. The quantitative estimate of drug-likeness (QED) is 0.878. The SMILES string of the molecule is CCCCc1cnn(Cc2ccccc2C)c1C(=O)O. The largest absolute Gasteiger partial charge is 0.477 e. The molecule has 0 aliphatic carbocycles. The average molecular weight is 272 g/mol. The van der Waals surface area contributed by atoms with Crippen LogP contribution in [-0.4, -0.2) is 20.9 Å². The maximum absolute atomic E-state index is 11.5. The first-order chi connectivity index (χ1) is 9.63. The van der Waals surface area contributed by atoms with Gasteiger partial charge in [-0.2, -0.15) is 5.10 Å². The van der Waals surface area contributed by atoms with Crippen molar-refractivity contribution in [2.75, 3.05) is 0 Å². The highest BCUT2D eigenvalue weighted by Crippen LogP contribution is 2.15. The van der Waals surface area contributed by atoms with Crippen molar-refractivity contribution in [3.05, 3.63) is 52.8 Å². The highest BCUT2D eigenvalue weighted by Gasteiger charge is 2.17. The van der Waals surface area contributed by atoms with Crippen LogP contribution in [0.2, 0.25) is 0 Å². The second kappa shape index (κ2) is 6.37. The molecule has 0 spiro atoms. The topological polar surface area (TPSA) is 55.1 Å². The molecule has 1 aromatic heterocycles. The van der Waals surface area contributed by atoms with Crippen molar-refractivity contribution < 1.29 is 9.90 Å². The molecule has 106 valence electrons. The Balaban J connectivity index is 2.30. The zero-order valence-electron chi connectivity index (χ0n) is 12.0. The van der Waals surface area contributed by atoms with Gasteiger partial charge in [0.2, 0.25) is 0 Å². The number of nitrogens with zero attached hydrogens (tertiary/aromatic N) is 2. The van der Waals surface area contributed by atoms with Gasteiger partial charge in [-0.1, -0.05) is 37.6 Å². The van der Waals surface area contributed by atoms with Crippen molar-refractivity contribution in [2.24, 2.45) is 0 Å². The van der Waals surface area contributed by atoms with Crippen molar-refractivity contribution in [3.63, 3.8) is 0 Å². The number of aromatic carboxylic acids is 1. The van der Waals surface area contributed by atoms with Gasteiger partial charge in [-0.25, -0.2) is 4.79 Å². The number of hydrogen-bond acceptors (Lipinski definition) is 2. The molecule has 0 amide bonds. The number of aromatic nitrogens is 2. The molecule has 0 unspecified atom stereocenters. The van der Waals surface area contributed by atoms with Crippen molar-refractivity contribution >= 4 is 5.97 Å². The molecule has 1 N–H and O–H groups in total. The molecule has 1 aromatic carbocycles. The highest BCUT2D eigenvalue weighted by atomic mass is 16.4. The molecular formula is C16H20N2O2. The molecule has 20 heavy (non-hydrogen) atoms. The number of unbranched alkanes of at least 4 members (excludes halogenated alkanes) is 1. The number of rotatable bonds is 6. The highest BCUT2D eigenvalue weighted by molar-refractivity contribution is 5.87. The second-order valence-electron chi connectivity index (χ2n) is 5.01. The van der Waals surface area contributed by atoms with Gasteiger partial charge in [0.05, 0.1) is 12.7 Å². The van der Waals surface area contributed by atoms with E-state index in [0.717, 1.165) is 36.0 Å². The van der Waals surface area contributed by atoms with E-state index >= 15 is 0 Å². The van der Waals surface area contributed by atoms with Crippen LogP contribution in [0.1, 0.15) is 46.9 Å². The van der Waals surface area contributed by atoms with Crippen molar-refractivity contribution in [1.29, 1.82) is 0 Å². The lowest BCUT2D eigenvalue weighted by molar-refractivity contribution is 0.0682. The van der Waals surface area contributed by atoms with Crippen LogP contribution < -0.4 is 0 Å². The first kappa shape index (κ1) is 14.3. The molecule has 2 rings (SSSR count). The van der Waals surface area contributed by atoms with Crippen LogP contribution >= 0.6 is 0 Å². The standard InChI is InChI=1S/C16H20N2O2/c1-3-4-8-13-10-17-18(15(13)16(19)20)11-14-9-6-5-7-12(14)2/h5-7,9-10H,3-4,8,11H2,1-2H3,(H,19,20). The normalized spacial score (nSPS) is 10.7. The van der Waals surface area contributed by atoms with Crippen LogP contribution in [0.15, 0.2) is 30.5 Å². The molecule has 0 saturated heterocycles. The number of benzene rings is 1. The maximum Gasteiger partial charge on any atom is 0.354 e. The number of carboxylic acid groups (broad SMARTS) is 1. The predicted octanol–water partition coefficient (Wildman–Crippen LogP) is 3.28. The van der Waals surface area contributed by atoms with Crippen LogP contribution in [0.4, 0.5) is 0 Å².